The van der Waals surface area contributed by atoms with Crippen LogP contribution in [0, 0.1) is 5.92 Å². The van der Waals surface area contributed by atoms with Gasteiger partial charge in [-0.15, -0.1) is 0 Å². The number of carbonyl (C=O) groups is 4. The lowest BCUT2D eigenvalue weighted by atomic mass is 9.73. The molecule has 1 N–H and O–H groups in total. The maximum Gasteiger partial charge on any atom is 0.325 e. The summed E-state index contributed by atoms with van der Waals surface area (Å²) in [6.45, 7) is 2.41. The number of benzene rings is 1. The molecule has 0 unspecified atom stereocenters. The monoisotopic (exact) mass is 383 g/mol. The van der Waals surface area contributed by atoms with Crippen LogP contribution >= 0.6 is 0 Å². The number of urea groups is 1. The van der Waals surface area contributed by atoms with Crippen LogP contribution < -0.4 is 10.2 Å². The van der Waals surface area contributed by atoms with Crippen molar-refractivity contribution in [3.05, 3.63) is 29.8 Å². The number of ketones is 1. The first-order valence-corrected chi connectivity index (χ1v) is 10.00. The maximum absolute atomic E-state index is 13.0. The van der Waals surface area contributed by atoms with Crippen molar-refractivity contribution in [3.63, 3.8) is 0 Å². The second kappa shape index (κ2) is 7.04. The van der Waals surface area contributed by atoms with Crippen LogP contribution in [0.5, 0.6) is 0 Å². The molecule has 2 atom stereocenters. The number of nitrogens with one attached hydrogen (secondary N) is 1. The van der Waals surface area contributed by atoms with Crippen molar-refractivity contribution in [3.8, 4) is 0 Å². The van der Waals surface area contributed by atoms with Gasteiger partial charge in [0.15, 0.2) is 5.78 Å². The summed E-state index contributed by atoms with van der Waals surface area (Å²) >= 11 is 0. The fraction of sp³-hybridized carbons (Fsp3) is 0.524. The molecule has 3 aliphatic rings. The Kier molecular flexibility index (Phi) is 4.69. The largest absolute Gasteiger partial charge is 0.325 e. The minimum Gasteiger partial charge on any atom is -0.323 e. The fourth-order valence-corrected chi connectivity index (χ4v) is 4.62. The first-order chi connectivity index (χ1) is 13.4. The summed E-state index contributed by atoms with van der Waals surface area (Å²) in [6.07, 6.45) is 4.86. The molecule has 0 aromatic heterocycles. The van der Waals surface area contributed by atoms with E-state index in [0.717, 1.165) is 36.3 Å². The van der Waals surface area contributed by atoms with Crippen molar-refractivity contribution in [1.82, 2.24) is 10.2 Å². The van der Waals surface area contributed by atoms with Crippen LogP contribution in [-0.2, 0) is 9.59 Å². The van der Waals surface area contributed by atoms with Gasteiger partial charge in [0.2, 0.25) is 5.91 Å². The summed E-state index contributed by atoms with van der Waals surface area (Å²) in [5, 5.41) is 2.87. The van der Waals surface area contributed by atoms with Gasteiger partial charge in [0.1, 0.15) is 5.54 Å². The molecule has 2 saturated heterocycles. The van der Waals surface area contributed by atoms with Crippen molar-refractivity contribution in [2.24, 2.45) is 5.92 Å². The Morgan fingerprint density at radius 1 is 1.14 bits per heavy atom. The molecule has 0 bridgehead atoms. The van der Waals surface area contributed by atoms with E-state index in [9.17, 15) is 19.2 Å². The Bertz CT molecular complexity index is 835. The van der Waals surface area contributed by atoms with Gasteiger partial charge < -0.3 is 10.2 Å². The van der Waals surface area contributed by atoms with Gasteiger partial charge >= 0.3 is 6.03 Å². The average Bonchev–Trinajstić information content (AvgIpc) is 3.21. The number of rotatable bonds is 4. The highest BCUT2D eigenvalue weighted by Crippen LogP contribution is 2.38. The van der Waals surface area contributed by atoms with Crippen molar-refractivity contribution in [1.29, 1.82) is 0 Å². The van der Waals surface area contributed by atoms with Crippen molar-refractivity contribution >= 4 is 29.3 Å². The van der Waals surface area contributed by atoms with Crippen LogP contribution in [-0.4, -0.2) is 47.2 Å². The summed E-state index contributed by atoms with van der Waals surface area (Å²) in [6, 6.07) is 6.31. The normalized spacial score (nSPS) is 27.6. The SMILES string of the molecule is C[C@@H]1CCCC[C@@]12NC(=O)N(CC(=O)c1ccc(N3CCCC3=O)cc1)C2=O. The van der Waals surface area contributed by atoms with Gasteiger partial charge in [-0.25, -0.2) is 4.79 Å². The van der Waals surface area contributed by atoms with E-state index in [-0.39, 0.29) is 30.1 Å². The number of nitrogens with zero attached hydrogens (tertiary/aromatic N) is 2. The number of hydrogen-bond donors (Lipinski definition) is 1. The highest BCUT2D eigenvalue weighted by atomic mass is 16.2. The second-order valence-corrected chi connectivity index (χ2v) is 8.06. The summed E-state index contributed by atoms with van der Waals surface area (Å²) < 4.78 is 0. The molecule has 2 heterocycles. The number of imide groups is 1. The molecule has 148 valence electrons. The molecule has 0 radical (unpaired) electrons. The molecule has 2 aliphatic heterocycles. The fourth-order valence-electron chi connectivity index (χ4n) is 4.62. The molecule has 4 amide bonds. The molecule has 1 aromatic rings. The lowest BCUT2D eigenvalue weighted by Crippen LogP contribution is -2.54. The van der Waals surface area contributed by atoms with Gasteiger partial charge in [-0.05, 0) is 49.4 Å². The molecule has 7 nitrogen and oxygen atoms in total. The van der Waals surface area contributed by atoms with Gasteiger partial charge in [0.05, 0.1) is 6.54 Å². The number of amides is 4. The van der Waals surface area contributed by atoms with Crippen LogP contribution in [0.15, 0.2) is 24.3 Å². The molecular formula is C21H25N3O4. The molecule has 1 saturated carbocycles. The van der Waals surface area contributed by atoms with Crippen LogP contribution in [0.25, 0.3) is 0 Å². The molecule has 1 aliphatic carbocycles. The van der Waals surface area contributed by atoms with E-state index in [0.29, 0.717) is 24.9 Å². The first-order valence-electron chi connectivity index (χ1n) is 10.00. The van der Waals surface area contributed by atoms with Crippen LogP contribution in [0.2, 0.25) is 0 Å². The quantitative estimate of drug-likeness (QED) is 0.639. The van der Waals surface area contributed by atoms with Gasteiger partial charge in [-0.2, -0.15) is 0 Å². The Labute approximate surface area is 164 Å². The van der Waals surface area contributed by atoms with Crippen LogP contribution in [0.4, 0.5) is 10.5 Å². The lowest BCUT2D eigenvalue weighted by Gasteiger charge is -2.36. The van der Waals surface area contributed by atoms with Gasteiger partial charge in [-0.1, -0.05) is 19.8 Å². The third-order valence-corrected chi connectivity index (χ3v) is 6.38. The molecule has 1 spiro atoms. The zero-order valence-electron chi connectivity index (χ0n) is 16.1. The van der Waals surface area contributed by atoms with Crippen molar-refractivity contribution in [2.45, 2.75) is 51.0 Å². The van der Waals surface area contributed by atoms with E-state index in [1.165, 1.54) is 0 Å². The van der Waals surface area contributed by atoms with E-state index < -0.39 is 11.6 Å². The summed E-state index contributed by atoms with van der Waals surface area (Å²) in [5.41, 5.74) is 0.341. The average molecular weight is 383 g/mol. The molecule has 1 aromatic carbocycles. The van der Waals surface area contributed by atoms with Gasteiger partial charge in [0.25, 0.3) is 5.91 Å². The van der Waals surface area contributed by atoms with Crippen LogP contribution in [0.1, 0.15) is 55.8 Å². The zero-order valence-corrected chi connectivity index (χ0v) is 16.1. The summed E-state index contributed by atoms with van der Waals surface area (Å²) in [5.74, 6) is -0.416. The number of hydrogen-bond acceptors (Lipinski definition) is 4. The Balaban J connectivity index is 1.47. The van der Waals surface area contributed by atoms with E-state index in [1.807, 2.05) is 6.92 Å². The number of carbonyl (C=O) groups excluding carboxylic acids is 4. The molecule has 28 heavy (non-hydrogen) atoms. The first kappa shape index (κ1) is 18.7. The zero-order chi connectivity index (χ0) is 19.9. The van der Waals surface area contributed by atoms with E-state index in [1.54, 1.807) is 29.2 Å². The minimum atomic E-state index is -0.852. The van der Waals surface area contributed by atoms with E-state index in [2.05, 4.69) is 5.32 Å². The number of Topliss-reactive ketones (excluding diaryl/α,β-unsaturated/α-hetero) is 1. The topological polar surface area (TPSA) is 86.8 Å². The van der Waals surface area contributed by atoms with Crippen molar-refractivity contribution < 1.29 is 19.2 Å². The maximum atomic E-state index is 13.0. The van der Waals surface area contributed by atoms with E-state index in [4.69, 9.17) is 0 Å². The molecule has 4 rings (SSSR count). The van der Waals surface area contributed by atoms with Gasteiger partial charge in [-0.3, -0.25) is 19.3 Å². The second-order valence-electron chi connectivity index (χ2n) is 8.06. The van der Waals surface area contributed by atoms with E-state index >= 15 is 0 Å². The predicted molar refractivity (Wildman–Crippen MR) is 103 cm³/mol. The Hall–Kier alpha value is -2.70. The Morgan fingerprint density at radius 3 is 2.54 bits per heavy atom. The third kappa shape index (κ3) is 2.99. The lowest BCUT2D eigenvalue weighted by molar-refractivity contribution is -0.133. The number of anilines is 1. The Morgan fingerprint density at radius 2 is 1.89 bits per heavy atom. The van der Waals surface area contributed by atoms with Crippen LogP contribution in [0.3, 0.4) is 0 Å². The predicted octanol–water partition coefficient (Wildman–Crippen LogP) is 2.50. The molecular weight excluding hydrogens is 358 g/mol. The molecule has 7 heteroatoms. The van der Waals surface area contributed by atoms with Crippen molar-refractivity contribution in [2.75, 3.05) is 18.0 Å². The third-order valence-electron chi connectivity index (χ3n) is 6.38. The standard InChI is InChI=1S/C21H25N3O4/c1-14-5-2-3-11-21(14)19(27)24(20(28)22-21)13-17(25)15-7-9-16(10-8-15)23-12-4-6-18(23)26/h7-10,14H,2-6,11-13H2,1H3,(H,22,28)/t14-,21-/m1/s1. The highest BCUT2D eigenvalue weighted by Gasteiger charge is 2.55. The van der Waals surface area contributed by atoms with Gasteiger partial charge in [0, 0.05) is 24.2 Å². The molecule has 3 fully saturated rings. The summed E-state index contributed by atoms with van der Waals surface area (Å²) in [7, 11) is 0. The highest BCUT2D eigenvalue weighted by molar-refractivity contribution is 6.11. The minimum absolute atomic E-state index is 0.0649. The smallest absolute Gasteiger partial charge is 0.323 e. The summed E-state index contributed by atoms with van der Waals surface area (Å²) in [4.78, 5) is 52.7.